The third-order valence-corrected chi connectivity index (χ3v) is 2.25. The topological polar surface area (TPSA) is 3.24 Å². The van der Waals surface area contributed by atoms with Gasteiger partial charge in [-0.2, -0.15) is 0 Å². The Morgan fingerprint density at radius 2 is 1.86 bits per heavy atom. The molecule has 0 unspecified atom stereocenters. The van der Waals surface area contributed by atoms with Crippen LogP contribution in [0.15, 0.2) is 24.8 Å². The van der Waals surface area contributed by atoms with Gasteiger partial charge in [0.05, 0.1) is 0 Å². The van der Waals surface area contributed by atoms with Gasteiger partial charge in [-0.25, -0.2) is 0 Å². The molecular formula is C13H25N. The summed E-state index contributed by atoms with van der Waals surface area (Å²) in [6.07, 6.45) is 11.1. The maximum Gasteiger partial charge on any atom is 0.00160 e. The number of hydrogen-bond donors (Lipinski definition) is 0. The molecule has 82 valence electrons. The van der Waals surface area contributed by atoms with Crippen LogP contribution in [-0.4, -0.2) is 24.5 Å². The van der Waals surface area contributed by atoms with Crippen molar-refractivity contribution < 1.29 is 0 Å². The minimum atomic E-state index is 1.15. The van der Waals surface area contributed by atoms with Crippen LogP contribution in [0.2, 0.25) is 0 Å². The minimum absolute atomic E-state index is 1.15. The third kappa shape index (κ3) is 8.06. The van der Waals surface area contributed by atoms with Crippen LogP contribution in [0, 0.1) is 0 Å². The Kier molecular flexibility index (Phi) is 10.1. The second kappa shape index (κ2) is 10.5. The Morgan fingerprint density at radius 1 is 1.07 bits per heavy atom. The summed E-state index contributed by atoms with van der Waals surface area (Å²) in [6, 6.07) is 0. The van der Waals surface area contributed by atoms with E-state index in [1.54, 1.807) is 0 Å². The normalized spacial score (nSPS) is 11.4. The van der Waals surface area contributed by atoms with Crippen LogP contribution < -0.4 is 0 Å². The van der Waals surface area contributed by atoms with Gasteiger partial charge >= 0.3 is 0 Å². The fraction of sp³-hybridized carbons (Fsp3) is 0.692. The smallest absolute Gasteiger partial charge is 0.00160 e. The van der Waals surface area contributed by atoms with E-state index in [9.17, 15) is 0 Å². The molecule has 14 heavy (non-hydrogen) atoms. The standard InChI is InChI=1S/C13H25N/c1-4-7-9-10-13-14(11-6-3)12-8-5-2/h4,7,9H,1,5-6,8,10-13H2,2-3H3/b9-7-. The van der Waals surface area contributed by atoms with Gasteiger partial charge < -0.3 is 4.90 Å². The maximum atomic E-state index is 3.66. The maximum absolute atomic E-state index is 3.66. The van der Waals surface area contributed by atoms with Gasteiger partial charge in [0.1, 0.15) is 0 Å². The Bertz CT molecular complexity index is 149. The molecule has 0 rings (SSSR count). The molecule has 0 bridgehead atoms. The molecule has 0 aliphatic heterocycles. The molecule has 0 aliphatic rings. The van der Waals surface area contributed by atoms with Crippen LogP contribution in [0.3, 0.4) is 0 Å². The van der Waals surface area contributed by atoms with E-state index in [0.717, 1.165) is 6.42 Å². The lowest BCUT2D eigenvalue weighted by atomic mass is 10.2. The number of rotatable bonds is 9. The zero-order valence-corrected chi connectivity index (χ0v) is 9.84. The molecule has 0 N–H and O–H groups in total. The van der Waals surface area contributed by atoms with Crippen LogP contribution in [0.4, 0.5) is 0 Å². The fourth-order valence-corrected chi connectivity index (χ4v) is 1.48. The molecule has 0 aromatic carbocycles. The Balaban J connectivity index is 3.60. The zero-order valence-electron chi connectivity index (χ0n) is 9.84. The molecule has 1 heteroatoms. The highest BCUT2D eigenvalue weighted by molar-refractivity contribution is 4.97. The summed E-state index contributed by atoms with van der Waals surface area (Å²) in [5.41, 5.74) is 0. The van der Waals surface area contributed by atoms with E-state index in [1.165, 1.54) is 38.9 Å². The van der Waals surface area contributed by atoms with Gasteiger partial charge in [-0.05, 0) is 32.4 Å². The van der Waals surface area contributed by atoms with Crippen LogP contribution in [-0.2, 0) is 0 Å². The number of nitrogens with zero attached hydrogens (tertiary/aromatic N) is 1. The molecule has 0 fully saturated rings. The highest BCUT2D eigenvalue weighted by Gasteiger charge is 2.00. The van der Waals surface area contributed by atoms with Crippen LogP contribution >= 0.6 is 0 Å². The van der Waals surface area contributed by atoms with E-state index < -0.39 is 0 Å². The largest absolute Gasteiger partial charge is 0.303 e. The fourth-order valence-electron chi connectivity index (χ4n) is 1.48. The van der Waals surface area contributed by atoms with E-state index in [-0.39, 0.29) is 0 Å². The first-order valence-corrected chi connectivity index (χ1v) is 5.85. The molecule has 0 amide bonds. The van der Waals surface area contributed by atoms with Crippen LogP contribution in [0.1, 0.15) is 39.5 Å². The molecule has 0 aromatic heterocycles. The van der Waals surface area contributed by atoms with Crippen molar-refractivity contribution in [2.45, 2.75) is 39.5 Å². The summed E-state index contributed by atoms with van der Waals surface area (Å²) >= 11 is 0. The van der Waals surface area contributed by atoms with Crippen molar-refractivity contribution in [1.29, 1.82) is 0 Å². The van der Waals surface area contributed by atoms with Crippen LogP contribution in [0.5, 0.6) is 0 Å². The molecule has 0 saturated heterocycles. The van der Waals surface area contributed by atoms with Crippen molar-refractivity contribution in [3.63, 3.8) is 0 Å². The lowest BCUT2D eigenvalue weighted by molar-refractivity contribution is 0.275. The van der Waals surface area contributed by atoms with Gasteiger partial charge in [-0.15, -0.1) is 0 Å². The van der Waals surface area contributed by atoms with Gasteiger partial charge in [-0.3, -0.25) is 0 Å². The molecule has 0 radical (unpaired) electrons. The summed E-state index contributed by atoms with van der Waals surface area (Å²) < 4.78 is 0. The van der Waals surface area contributed by atoms with Gasteiger partial charge in [0.15, 0.2) is 0 Å². The second-order valence-electron chi connectivity index (χ2n) is 3.65. The number of unbranched alkanes of at least 4 members (excludes halogenated alkanes) is 1. The SMILES string of the molecule is C=C/C=C\CCN(CCC)CCCC. The predicted octanol–water partition coefficient (Wildman–Crippen LogP) is 3.63. The Labute approximate surface area is 89.5 Å². The summed E-state index contributed by atoms with van der Waals surface area (Å²) in [5, 5.41) is 0. The van der Waals surface area contributed by atoms with E-state index in [4.69, 9.17) is 0 Å². The molecule has 0 heterocycles. The monoisotopic (exact) mass is 195 g/mol. The molecule has 1 nitrogen and oxygen atoms in total. The van der Waals surface area contributed by atoms with Crippen molar-refractivity contribution in [2.24, 2.45) is 0 Å². The molecule has 0 aromatic rings. The van der Waals surface area contributed by atoms with E-state index in [1.807, 2.05) is 12.2 Å². The van der Waals surface area contributed by atoms with Gasteiger partial charge in [0, 0.05) is 6.54 Å². The van der Waals surface area contributed by atoms with Crippen molar-refractivity contribution in [3.8, 4) is 0 Å². The molecule has 0 spiro atoms. The average Bonchev–Trinajstić information content (AvgIpc) is 2.20. The van der Waals surface area contributed by atoms with E-state index >= 15 is 0 Å². The molecule has 0 aliphatic carbocycles. The van der Waals surface area contributed by atoms with Gasteiger partial charge in [-0.1, -0.05) is 45.1 Å². The van der Waals surface area contributed by atoms with Crippen molar-refractivity contribution in [3.05, 3.63) is 24.8 Å². The minimum Gasteiger partial charge on any atom is -0.303 e. The number of allylic oxidation sites excluding steroid dienone is 2. The Hall–Kier alpha value is -0.560. The highest BCUT2D eigenvalue weighted by atomic mass is 15.1. The molecular weight excluding hydrogens is 170 g/mol. The van der Waals surface area contributed by atoms with Gasteiger partial charge in [0.2, 0.25) is 0 Å². The summed E-state index contributed by atoms with van der Waals surface area (Å²) in [6.45, 7) is 11.9. The third-order valence-electron chi connectivity index (χ3n) is 2.25. The summed E-state index contributed by atoms with van der Waals surface area (Å²) in [5.74, 6) is 0. The lowest BCUT2D eigenvalue weighted by Gasteiger charge is -2.20. The quantitative estimate of drug-likeness (QED) is 0.508. The molecule has 0 saturated carbocycles. The summed E-state index contributed by atoms with van der Waals surface area (Å²) in [4.78, 5) is 2.55. The molecule has 0 atom stereocenters. The highest BCUT2D eigenvalue weighted by Crippen LogP contribution is 1.99. The first kappa shape index (κ1) is 13.4. The Morgan fingerprint density at radius 3 is 2.43 bits per heavy atom. The zero-order chi connectivity index (χ0) is 10.6. The lowest BCUT2D eigenvalue weighted by Crippen LogP contribution is -2.26. The summed E-state index contributed by atoms with van der Waals surface area (Å²) in [7, 11) is 0. The average molecular weight is 195 g/mol. The van der Waals surface area contributed by atoms with Crippen LogP contribution in [0.25, 0.3) is 0 Å². The van der Waals surface area contributed by atoms with Gasteiger partial charge in [0.25, 0.3) is 0 Å². The first-order valence-electron chi connectivity index (χ1n) is 5.85. The van der Waals surface area contributed by atoms with Crippen molar-refractivity contribution >= 4 is 0 Å². The second-order valence-corrected chi connectivity index (χ2v) is 3.65. The number of hydrogen-bond acceptors (Lipinski definition) is 1. The van der Waals surface area contributed by atoms with Crippen molar-refractivity contribution in [1.82, 2.24) is 4.90 Å². The van der Waals surface area contributed by atoms with E-state index in [0.29, 0.717) is 0 Å². The van der Waals surface area contributed by atoms with Crippen molar-refractivity contribution in [2.75, 3.05) is 19.6 Å². The first-order chi connectivity index (χ1) is 6.85. The predicted molar refractivity (Wildman–Crippen MR) is 65.6 cm³/mol. The van der Waals surface area contributed by atoms with E-state index in [2.05, 4.69) is 31.4 Å².